The lowest BCUT2D eigenvalue weighted by Crippen LogP contribution is -2.49. The van der Waals surface area contributed by atoms with Crippen LogP contribution in [0.1, 0.15) is 65.7 Å². The summed E-state index contributed by atoms with van der Waals surface area (Å²) in [7, 11) is 0. The Balaban J connectivity index is 1.78. The summed E-state index contributed by atoms with van der Waals surface area (Å²) in [6.45, 7) is 7.15. The molecular formula is C19H30O2. The average molecular weight is 290 g/mol. The van der Waals surface area contributed by atoms with Crippen LogP contribution in [0.4, 0.5) is 0 Å². The Labute approximate surface area is 129 Å². The second kappa shape index (κ2) is 4.75. The number of hydrogen-bond donors (Lipinski definition) is 1. The number of hydrogen-bond acceptors (Lipinski definition) is 2. The molecule has 118 valence electrons. The molecule has 0 bridgehead atoms. The molecule has 3 aliphatic carbocycles. The normalized spacial score (nSPS) is 48.2. The first-order chi connectivity index (χ1) is 10.0. The van der Waals surface area contributed by atoms with Gasteiger partial charge in [0.1, 0.15) is 11.9 Å². The topological polar surface area (TPSA) is 29.5 Å². The van der Waals surface area contributed by atoms with Crippen molar-refractivity contribution in [1.82, 2.24) is 0 Å². The van der Waals surface area contributed by atoms with E-state index in [1.54, 1.807) is 0 Å². The van der Waals surface area contributed by atoms with Gasteiger partial charge < -0.3 is 9.84 Å². The van der Waals surface area contributed by atoms with E-state index in [-0.39, 0.29) is 11.5 Å². The SMILES string of the molecule is CC1CCCC2C(O)C3=C(OC4CCCC[C@H]34)C(C)(C)C12. The van der Waals surface area contributed by atoms with Crippen molar-refractivity contribution < 1.29 is 9.84 Å². The summed E-state index contributed by atoms with van der Waals surface area (Å²) in [5.41, 5.74) is 1.43. The van der Waals surface area contributed by atoms with Gasteiger partial charge in [-0.15, -0.1) is 0 Å². The first-order valence-electron chi connectivity index (χ1n) is 9.11. The molecule has 0 radical (unpaired) electrons. The number of rotatable bonds is 0. The Hall–Kier alpha value is -0.500. The predicted molar refractivity (Wildman–Crippen MR) is 83.6 cm³/mol. The van der Waals surface area contributed by atoms with Gasteiger partial charge in [0.25, 0.3) is 0 Å². The molecule has 21 heavy (non-hydrogen) atoms. The summed E-state index contributed by atoms with van der Waals surface area (Å²) in [6.07, 6.45) is 8.95. The summed E-state index contributed by atoms with van der Waals surface area (Å²) >= 11 is 0. The van der Waals surface area contributed by atoms with E-state index >= 15 is 0 Å². The van der Waals surface area contributed by atoms with Crippen molar-refractivity contribution in [2.45, 2.75) is 77.9 Å². The molecule has 4 aliphatic rings. The zero-order chi connectivity index (χ0) is 14.8. The first-order valence-corrected chi connectivity index (χ1v) is 9.11. The lowest BCUT2D eigenvalue weighted by atomic mass is 9.54. The number of aliphatic hydroxyl groups is 1. The van der Waals surface area contributed by atoms with E-state index in [1.807, 2.05) is 0 Å². The average Bonchev–Trinajstić information content (AvgIpc) is 2.85. The Bertz CT molecular complexity index is 464. The molecule has 5 unspecified atom stereocenters. The summed E-state index contributed by atoms with van der Waals surface area (Å²) < 4.78 is 6.47. The molecule has 2 heteroatoms. The highest BCUT2D eigenvalue weighted by Crippen LogP contribution is 2.60. The van der Waals surface area contributed by atoms with Crippen LogP contribution >= 0.6 is 0 Å². The maximum absolute atomic E-state index is 11.1. The van der Waals surface area contributed by atoms with Gasteiger partial charge in [-0.2, -0.15) is 0 Å². The molecule has 2 fully saturated rings. The molecular weight excluding hydrogens is 260 g/mol. The van der Waals surface area contributed by atoms with Crippen LogP contribution in [0.2, 0.25) is 0 Å². The fourth-order valence-corrected chi connectivity index (χ4v) is 6.30. The van der Waals surface area contributed by atoms with Crippen LogP contribution in [0.3, 0.4) is 0 Å². The number of aliphatic hydroxyl groups excluding tert-OH is 1. The van der Waals surface area contributed by atoms with Crippen LogP contribution in [0.25, 0.3) is 0 Å². The third-order valence-electron chi connectivity index (χ3n) is 7.05. The van der Waals surface area contributed by atoms with Gasteiger partial charge in [0, 0.05) is 16.9 Å². The first kappa shape index (κ1) is 14.1. The summed E-state index contributed by atoms with van der Waals surface area (Å²) in [6, 6.07) is 0. The highest BCUT2D eigenvalue weighted by molar-refractivity contribution is 5.33. The van der Waals surface area contributed by atoms with Crippen molar-refractivity contribution in [3.05, 3.63) is 11.3 Å². The molecule has 1 aliphatic heterocycles. The second-order valence-electron chi connectivity index (χ2n) is 8.60. The fraction of sp³-hybridized carbons (Fsp3) is 0.895. The number of ether oxygens (including phenoxy) is 1. The van der Waals surface area contributed by atoms with Gasteiger partial charge in [-0.25, -0.2) is 0 Å². The summed E-state index contributed by atoms with van der Waals surface area (Å²) in [5.74, 6) is 3.46. The largest absolute Gasteiger partial charge is 0.494 e. The molecule has 1 heterocycles. The predicted octanol–water partition coefficient (Wildman–Crippen LogP) is 4.28. The van der Waals surface area contributed by atoms with Gasteiger partial charge in [-0.1, -0.05) is 40.0 Å². The zero-order valence-corrected chi connectivity index (χ0v) is 13.8. The van der Waals surface area contributed by atoms with Gasteiger partial charge in [-0.05, 0) is 43.4 Å². The molecule has 0 aromatic heterocycles. The maximum atomic E-state index is 11.1. The highest BCUT2D eigenvalue weighted by Gasteiger charge is 2.57. The summed E-state index contributed by atoms with van der Waals surface area (Å²) in [4.78, 5) is 0. The Kier molecular flexibility index (Phi) is 3.19. The molecule has 4 rings (SSSR count). The van der Waals surface area contributed by atoms with E-state index in [0.29, 0.717) is 29.8 Å². The Morgan fingerprint density at radius 2 is 1.81 bits per heavy atom. The highest BCUT2D eigenvalue weighted by atomic mass is 16.5. The molecule has 0 aromatic rings. The molecule has 0 amide bonds. The third kappa shape index (κ3) is 1.87. The van der Waals surface area contributed by atoms with Gasteiger partial charge in [0.05, 0.1) is 6.10 Å². The van der Waals surface area contributed by atoms with Crippen LogP contribution in [0, 0.1) is 29.1 Å². The third-order valence-corrected chi connectivity index (χ3v) is 7.05. The van der Waals surface area contributed by atoms with Crippen molar-refractivity contribution in [3.8, 4) is 0 Å². The minimum absolute atomic E-state index is 0.108. The molecule has 6 atom stereocenters. The van der Waals surface area contributed by atoms with Gasteiger partial charge >= 0.3 is 0 Å². The number of fused-ring (bicyclic) bond motifs is 3. The monoisotopic (exact) mass is 290 g/mol. The summed E-state index contributed by atoms with van der Waals surface area (Å²) in [5, 5.41) is 11.1. The minimum atomic E-state index is -0.228. The molecule has 1 N–H and O–H groups in total. The second-order valence-corrected chi connectivity index (χ2v) is 8.60. The van der Waals surface area contributed by atoms with E-state index in [9.17, 15) is 5.11 Å². The number of allylic oxidation sites excluding steroid dienone is 1. The van der Waals surface area contributed by atoms with Crippen molar-refractivity contribution >= 4 is 0 Å². The maximum Gasteiger partial charge on any atom is 0.105 e. The van der Waals surface area contributed by atoms with Gasteiger partial charge in [0.15, 0.2) is 0 Å². The van der Waals surface area contributed by atoms with Crippen LogP contribution in [0.5, 0.6) is 0 Å². The van der Waals surface area contributed by atoms with E-state index < -0.39 is 0 Å². The van der Waals surface area contributed by atoms with E-state index in [4.69, 9.17) is 4.74 Å². The molecule has 2 nitrogen and oxygen atoms in total. The van der Waals surface area contributed by atoms with Crippen LogP contribution < -0.4 is 0 Å². The van der Waals surface area contributed by atoms with Crippen LogP contribution in [0.15, 0.2) is 11.3 Å². The zero-order valence-electron chi connectivity index (χ0n) is 13.8. The lowest BCUT2D eigenvalue weighted by Gasteiger charge is -2.51. The lowest BCUT2D eigenvalue weighted by molar-refractivity contribution is -0.0451. The van der Waals surface area contributed by atoms with Crippen molar-refractivity contribution in [3.63, 3.8) is 0 Å². The van der Waals surface area contributed by atoms with E-state index in [1.165, 1.54) is 56.3 Å². The Morgan fingerprint density at radius 3 is 2.62 bits per heavy atom. The van der Waals surface area contributed by atoms with Crippen molar-refractivity contribution in [2.75, 3.05) is 0 Å². The minimum Gasteiger partial charge on any atom is -0.494 e. The van der Waals surface area contributed by atoms with E-state index in [2.05, 4.69) is 20.8 Å². The molecule has 2 saturated carbocycles. The van der Waals surface area contributed by atoms with Crippen LogP contribution in [-0.2, 0) is 4.74 Å². The van der Waals surface area contributed by atoms with E-state index in [0.717, 1.165) is 0 Å². The van der Waals surface area contributed by atoms with Gasteiger partial charge in [-0.3, -0.25) is 0 Å². The standard InChI is InChI=1S/C19H30O2/c1-11-7-6-9-13-16(11)19(2,3)18-15(17(13)20)12-8-4-5-10-14(12)21-18/h11-14,16-17,20H,4-10H2,1-3H3/t11?,12-,13?,14?,16?,17?/m0/s1. The molecule has 0 aromatic carbocycles. The molecule has 0 spiro atoms. The molecule has 0 saturated heterocycles. The van der Waals surface area contributed by atoms with Gasteiger partial charge in [0.2, 0.25) is 0 Å². The van der Waals surface area contributed by atoms with Crippen molar-refractivity contribution in [2.24, 2.45) is 29.1 Å². The fourth-order valence-electron chi connectivity index (χ4n) is 6.30. The smallest absolute Gasteiger partial charge is 0.105 e. The quantitative estimate of drug-likeness (QED) is 0.721. The van der Waals surface area contributed by atoms with Crippen molar-refractivity contribution in [1.29, 1.82) is 0 Å². The van der Waals surface area contributed by atoms with Crippen LogP contribution in [-0.4, -0.2) is 17.3 Å². The Morgan fingerprint density at radius 1 is 1.05 bits per heavy atom.